The van der Waals surface area contributed by atoms with Gasteiger partial charge in [0.1, 0.15) is 11.5 Å². The van der Waals surface area contributed by atoms with Crippen molar-refractivity contribution in [3.63, 3.8) is 0 Å². The quantitative estimate of drug-likeness (QED) is 0.235. The van der Waals surface area contributed by atoms with Gasteiger partial charge in [-0.2, -0.15) is 0 Å². The van der Waals surface area contributed by atoms with Gasteiger partial charge >= 0.3 is 0 Å². The van der Waals surface area contributed by atoms with E-state index in [1.807, 2.05) is 54.6 Å². The Morgan fingerprint density at radius 2 is 1.05 bits per heavy atom. The van der Waals surface area contributed by atoms with Crippen molar-refractivity contribution in [2.24, 2.45) is 0 Å². The van der Waals surface area contributed by atoms with E-state index >= 15 is 0 Å². The standard InChI is InChI=1S/C33H30N2O2/c1-35(2)25-18-19-26(23-12-6-5-7-13-23)29(22-25)24-20-30(27-14-8-10-16-32(27)36-3)34-31(21-24)28-15-9-11-17-33(28)37-4/h5-22H,1-4H3. The first kappa shape index (κ1) is 24.1. The number of aromatic nitrogens is 1. The lowest BCUT2D eigenvalue weighted by Gasteiger charge is -2.19. The summed E-state index contributed by atoms with van der Waals surface area (Å²) in [7, 11) is 7.51. The number of methoxy groups -OCH3 is 2. The molecule has 0 bridgehead atoms. The molecule has 0 N–H and O–H groups in total. The van der Waals surface area contributed by atoms with Crippen molar-refractivity contribution in [1.29, 1.82) is 0 Å². The van der Waals surface area contributed by atoms with Gasteiger partial charge in [-0.25, -0.2) is 4.98 Å². The number of hydrogen-bond donors (Lipinski definition) is 0. The highest BCUT2D eigenvalue weighted by Crippen LogP contribution is 2.40. The smallest absolute Gasteiger partial charge is 0.128 e. The average molecular weight is 487 g/mol. The molecule has 0 radical (unpaired) electrons. The van der Waals surface area contributed by atoms with Crippen LogP contribution in [0.2, 0.25) is 0 Å². The van der Waals surface area contributed by atoms with Crippen LogP contribution in [-0.4, -0.2) is 33.3 Å². The minimum atomic E-state index is 0.781. The van der Waals surface area contributed by atoms with Gasteiger partial charge in [0.2, 0.25) is 0 Å². The van der Waals surface area contributed by atoms with Gasteiger partial charge in [-0.3, -0.25) is 0 Å². The molecule has 4 nitrogen and oxygen atoms in total. The maximum Gasteiger partial charge on any atom is 0.128 e. The fraction of sp³-hybridized carbons (Fsp3) is 0.121. The molecule has 5 aromatic rings. The molecule has 1 aromatic heterocycles. The molecule has 184 valence electrons. The van der Waals surface area contributed by atoms with Crippen molar-refractivity contribution in [3.05, 3.63) is 109 Å². The zero-order chi connectivity index (χ0) is 25.8. The second-order valence-corrected chi connectivity index (χ2v) is 9.02. The summed E-state index contributed by atoms with van der Waals surface area (Å²) in [5.41, 5.74) is 9.21. The largest absolute Gasteiger partial charge is 0.496 e. The topological polar surface area (TPSA) is 34.6 Å². The summed E-state index contributed by atoms with van der Waals surface area (Å²) in [4.78, 5) is 7.23. The Morgan fingerprint density at radius 3 is 1.59 bits per heavy atom. The molecule has 0 atom stereocenters. The van der Waals surface area contributed by atoms with Crippen LogP contribution in [0.1, 0.15) is 0 Å². The Hall–Kier alpha value is -4.57. The Kier molecular flexibility index (Phi) is 6.91. The van der Waals surface area contributed by atoms with Gasteiger partial charge in [0.25, 0.3) is 0 Å². The highest BCUT2D eigenvalue weighted by Gasteiger charge is 2.17. The Bertz CT molecular complexity index is 1460. The summed E-state index contributed by atoms with van der Waals surface area (Å²) < 4.78 is 11.4. The van der Waals surface area contributed by atoms with Crippen molar-refractivity contribution in [1.82, 2.24) is 4.98 Å². The molecule has 0 fully saturated rings. The summed E-state index contributed by atoms with van der Waals surface area (Å²) in [5, 5.41) is 0. The predicted octanol–water partition coefficient (Wildman–Crippen LogP) is 7.83. The van der Waals surface area contributed by atoms with E-state index in [4.69, 9.17) is 14.5 Å². The number of hydrogen-bond acceptors (Lipinski definition) is 4. The van der Waals surface area contributed by atoms with Crippen molar-refractivity contribution < 1.29 is 9.47 Å². The lowest BCUT2D eigenvalue weighted by atomic mass is 9.92. The molecular weight excluding hydrogens is 456 g/mol. The molecule has 0 aliphatic carbocycles. The number of anilines is 1. The molecule has 0 amide bonds. The van der Waals surface area contributed by atoms with Crippen LogP contribution in [0.5, 0.6) is 11.5 Å². The second-order valence-electron chi connectivity index (χ2n) is 9.02. The maximum absolute atomic E-state index is 5.71. The number of ether oxygens (including phenoxy) is 2. The SMILES string of the molecule is COc1ccccc1-c1cc(-c2cc(N(C)C)ccc2-c2ccccc2)cc(-c2ccccc2OC)n1. The van der Waals surface area contributed by atoms with Gasteiger partial charge in [-0.15, -0.1) is 0 Å². The van der Waals surface area contributed by atoms with Crippen LogP contribution in [0.4, 0.5) is 5.69 Å². The number of pyridine rings is 1. The van der Waals surface area contributed by atoms with E-state index in [9.17, 15) is 0 Å². The van der Waals surface area contributed by atoms with E-state index in [-0.39, 0.29) is 0 Å². The Labute approximate surface area is 218 Å². The summed E-state index contributed by atoms with van der Waals surface area (Å²) in [5.74, 6) is 1.56. The lowest BCUT2D eigenvalue weighted by molar-refractivity contribution is 0.416. The van der Waals surface area contributed by atoms with Crippen LogP contribution < -0.4 is 14.4 Å². The van der Waals surface area contributed by atoms with Gasteiger partial charge in [-0.05, 0) is 70.8 Å². The fourth-order valence-electron chi connectivity index (χ4n) is 4.59. The van der Waals surface area contributed by atoms with Crippen LogP contribution in [-0.2, 0) is 0 Å². The van der Waals surface area contributed by atoms with Crippen LogP contribution in [0.3, 0.4) is 0 Å². The third-order valence-electron chi connectivity index (χ3n) is 6.51. The zero-order valence-corrected chi connectivity index (χ0v) is 21.6. The van der Waals surface area contributed by atoms with Crippen LogP contribution >= 0.6 is 0 Å². The molecular formula is C33H30N2O2. The highest BCUT2D eigenvalue weighted by atomic mass is 16.5. The molecule has 4 aromatic carbocycles. The Morgan fingerprint density at radius 1 is 0.514 bits per heavy atom. The first-order valence-electron chi connectivity index (χ1n) is 12.2. The molecule has 0 spiro atoms. The first-order valence-corrected chi connectivity index (χ1v) is 12.2. The molecule has 1 heterocycles. The van der Waals surface area contributed by atoms with E-state index in [0.717, 1.165) is 62.0 Å². The maximum atomic E-state index is 5.71. The van der Waals surface area contributed by atoms with Crippen LogP contribution in [0, 0.1) is 0 Å². The molecule has 0 aliphatic heterocycles. The van der Waals surface area contributed by atoms with E-state index in [1.54, 1.807) is 14.2 Å². The number of rotatable bonds is 7. The van der Waals surface area contributed by atoms with Gasteiger partial charge in [0.05, 0.1) is 25.6 Å². The predicted molar refractivity (Wildman–Crippen MR) is 153 cm³/mol. The first-order chi connectivity index (χ1) is 18.1. The third-order valence-corrected chi connectivity index (χ3v) is 6.51. The molecule has 37 heavy (non-hydrogen) atoms. The van der Waals surface area contributed by atoms with E-state index < -0.39 is 0 Å². The minimum absolute atomic E-state index is 0.781. The van der Waals surface area contributed by atoms with E-state index in [0.29, 0.717) is 0 Å². The molecule has 0 aliphatic rings. The number of nitrogens with zero attached hydrogens (tertiary/aromatic N) is 2. The van der Waals surface area contributed by atoms with Crippen molar-refractivity contribution >= 4 is 5.69 Å². The molecule has 0 unspecified atom stereocenters. The summed E-state index contributed by atoms with van der Waals surface area (Å²) in [6, 6.07) is 37.4. The van der Waals surface area contributed by atoms with Gasteiger partial charge in [0.15, 0.2) is 0 Å². The second kappa shape index (κ2) is 10.6. The van der Waals surface area contributed by atoms with Crippen LogP contribution in [0.15, 0.2) is 109 Å². The van der Waals surface area contributed by atoms with Crippen molar-refractivity contribution in [2.75, 3.05) is 33.2 Å². The monoisotopic (exact) mass is 486 g/mol. The molecule has 0 saturated heterocycles. The van der Waals surface area contributed by atoms with Gasteiger partial charge in [-0.1, -0.05) is 60.7 Å². The third kappa shape index (κ3) is 4.91. The molecule has 0 saturated carbocycles. The van der Waals surface area contributed by atoms with Gasteiger partial charge in [0, 0.05) is 30.9 Å². The highest BCUT2D eigenvalue weighted by molar-refractivity contribution is 5.89. The fourth-order valence-corrected chi connectivity index (χ4v) is 4.59. The molecule has 4 heteroatoms. The number of para-hydroxylation sites is 2. The van der Waals surface area contributed by atoms with Crippen molar-refractivity contribution in [3.8, 4) is 56.3 Å². The van der Waals surface area contributed by atoms with Crippen molar-refractivity contribution in [2.45, 2.75) is 0 Å². The minimum Gasteiger partial charge on any atom is -0.496 e. The van der Waals surface area contributed by atoms with E-state index in [1.165, 1.54) is 0 Å². The van der Waals surface area contributed by atoms with Crippen LogP contribution in [0.25, 0.3) is 44.8 Å². The zero-order valence-electron chi connectivity index (χ0n) is 21.6. The summed E-state index contributed by atoms with van der Waals surface area (Å²) in [6.07, 6.45) is 0. The lowest BCUT2D eigenvalue weighted by Crippen LogP contribution is -2.08. The summed E-state index contributed by atoms with van der Waals surface area (Å²) >= 11 is 0. The van der Waals surface area contributed by atoms with E-state index in [2.05, 4.69) is 73.6 Å². The Balaban J connectivity index is 1.82. The molecule has 5 rings (SSSR count). The normalized spacial score (nSPS) is 10.7. The average Bonchev–Trinajstić information content (AvgIpc) is 2.97. The number of benzene rings is 4. The van der Waals surface area contributed by atoms with Gasteiger partial charge < -0.3 is 14.4 Å². The summed E-state index contributed by atoms with van der Waals surface area (Å²) in [6.45, 7) is 0.